The van der Waals surface area contributed by atoms with Crippen LogP contribution in [0.5, 0.6) is 0 Å². The zero-order chi connectivity index (χ0) is 34.6. The standard InChI is InChI=1S/C30H37NO15S/c1-6-47-30-26(23(37)22(36)19(45-30)11-40-13(2)32)46-29-21(31-27(38)17-9-7-8-10-18(17)28(31)39)25(43-16(5)35)24(42-15(4)34)20(44-29)12-41-14(3)33/h7-10,19-26,29-30,36-37H,6,11-12H2,1-5H3/t19-,20-,21-,22-,23+,24-,25-,26+,29+,30-/m1/s1. The van der Waals surface area contributed by atoms with Crippen LogP contribution in [0.1, 0.15) is 55.3 Å². The van der Waals surface area contributed by atoms with Crippen molar-refractivity contribution in [3.8, 4) is 0 Å². The number of benzene rings is 1. The van der Waals surface area contributed by atoms with Gasteiger partial charge in [0.2, 0.25) is 0 Å². The molecule has 47 heavy (non-hydrogen) atoms. The number of ether oxygens (including phenoxy) is 7. The molecule has 2 fully saturated rings. The number of aliphatic hydroxyl groups excluding tert-OH is 2. The number of amides is 2. The van der Waals surface area contributed by atoms with Gasteiger partial charge in [-0.2, -0.15) is 0 Å². The van der Waals surface area contributed by atoms with Gasteiger partial charge in [-0.15, -0.1) is 11.8 Å². The van der Waals surface area contributed by atoms with E-state index in [1.54, 1.807) is 19.1 Å². The van der Waals surface area contributed by atoms with E-state index in [1.807, 2.05) is 0 Å². The summed E-state index contributed by atoms with van der Waals surface area (Å²) in [7, 11) is 0. The Hall–Kier alpha value is -3.61. The first-order valence-corrected chi connectivity index (χ1v) is 15.8. The first kappa shape index (κ1) is 36.2. The Labute approximate surface area is 273 Å². The molecule has 17 heteroatoms. The Bertz CT molecular complexity index is 1340. The van der Waals surface area contributed by atoms with Crippen molar-refractivity contribution in [2.24, 2.45) is 0 Å². The van der Waals surface area contributed by atoms with E-state index >= 15 is 0 Å². The number of hydrogen-bond acceptors (Lipinski definition) is 16. The fourth-order valence-corrected chi connectivity index (χ4v) is 6.55. The lowest BCUT2D eigenvalue weighted by Crippen LogP contribution is -2.69. The maximum absolute atomic E-state index is 13.8. The van der Waals surface area contributed by atoms with Gasteiger partial charge >= 0.3 is 23.9 Å². The molecule has 2 amide bonds. The molecule has 3 heterocycles. The van der Waals surface area contributed by atoms with Gasteiger partial charge in [-0.05, 0) is 17.9 Å². The Morgan fingerprint density at radius 1 is 0.766 bits per heavy atom. The maximum Gasteiger partial charge on any atom is 0.303 e. The summed E-state index contributed by atoms with van der Waals surface area (Å²) >= 11 is 1.17. The van der Waals surface area contributed by atoms with Crippen LogP contribution in [0.25, 0.3) is 0 Å². The summed E-state index contributed by atoms with van der Waals surface area (Å²) in [5, 5.41) is 22.2. The second-order valence-corrected chi connectivity index (χ2v) is 12.3. The lowest BCUT2D eigenvalue weighted by atomic mass is 9.94. The van der Waals surface area contributed by atoms with Crippen LogP contribution < -0.4 is 0 Å². The van der Waals surface area contributed by atoms with E-state index in [2.05, 4.69) is 0 Å². The third-order valence-corrected chi connectivity index (χ3v) is 8.55. The summed E-state index contributed by atoms with van der Waals surface area (Å²) in [6.07, 6.45) is -12.1. The van der Waals surface area contributed by atoms with Gasteiger partial charge in [-0.25, -0.2) is 0 Å². The van der Waals surface area contributed by atoms with E-state index in [1.165, 1.54) is 30.8 Å². The van der Waals surface area contributed by atoms with Crippen LogP contribution in [-0.4, -0.2) is 130 Å². The summed E-state index contributed by atoms with van der Waals surface area (Å²) in [5.41, 5.74) is -0.947. The largest absolute Gasteiger partial charge is 0.463 e. The normalized spacial score (nSPS) is 31.9. The zero-order valence-corrected chi connectivity index (χ0v) is 27.1. The number of fused-ring (bicyclic) bond motifs is 1. The summed E-state index contributed by atoms with van der Waals surface area (Å²) in [6, 6.07) is 4.31. The fraction of sp³-hybridized carbons (Fsp3) is 0.600. The van der Waals surface area contributed by atoms with Gasteiger partial charge in [-0.3, -0.25) is 33.7 Å². The first-order chi connectivity index (χ1) is 22.2. The van der Waals surface area contributed by atoms with Gasteiger partial charge in [0.1, 0.15) is 55.2 Å². The number of aliphatic hydroxyl groups is 2. The van der Waals surface area contributed by atoms with Crippen molar-refractivity contribution < 1.29 is 72.1 Å². The minimum atomic E-state index is -1.74. The molecule has 0 aromatic heterocycles. The molecule has 3 aliphatic heterocycles. The van der Waals surface area contributed by atoms with Crippen LogP contribution in [0, 0.1) is 0 Å². The minimum absolute atomic E-state index is 0.0353. The Morgan fingerprint density at radius 2 is 1.30 bits per heavy atom. The van der Waals surface area contributed by atoms with Gasteiger partial charge in [0.15, 0.2) is 18.5 Å². The minimum Gasteiger partial charge on any atom is -0.463 e. The topological polar surface area (TPSA) is 211 Å². The number of rotatable bonds is 11. The molecule has 10 atom stereocenters. The van der Waals surface area contributed by atoms with E-state index in [0.717, 1.165) is 25.7 Å². The predicted molar refractivity (Wildman–Crippen MR) is 157 cm³/mol. The summed E-state index contributed by atoms with van der Waals surface area (Å²) in [4.78, 5) is 76.2. The number of hydrogen-bond donors (Lipinski definition) is 2. The lowest BCUT2D eigenvalue weighted by Gasteiger charge is -2.49. The number of thioether (sulfide) groups is 1. The summed E-state index contributed by atoms with van der Waals surface area (Å²) < 4.78 is 39.6. The van der Waals surface area contributed by atoms with Crippen LogP contribution in [0.2, 0.25) is 0 Å². The molecule has 258 valence electrons. The van der Waals surface area contributed by atoms with Crippen LogP contribution in [0.15, 0.2) is 24.3 Å². The fourth-order valence-electron chi connectivity index (χ4n) is 5.59. The summed E-state index contributed by atoms with van der Waals surface area (Å²) in [5.74, 6) is -4.26. The highest BCUT2D eigenvalue weighted by Crippen LogP contribution is 2.39. The quantitative estimate of drug-likeness (QED) is 0.178. The number of imide groups is 1. The second-order valence-electron chi connectivity index (χ2n) is 10.9. The molecule has 4 rings (SSSR count). The van der Waals surface area contributed by atoms with Crippen molar-refractivity contribution in [1.29, 1.82) is 0 Å². The second kappa shape index (κ2) is 15.5. The molecule has 0 unspecified atom stereocenters. The number of esters is 4. The smallest absolute Gasteiger partial charge is 0.303 e. The van der Waals surface area contributed by atoms with Gasteiger partial charge < -0.3 is 43.4 Å². The highest BCUT2D eigenvalue weighted by atomic mass is 32.2. The van der Waals surface area contributed by atoms with E-state index in [9.17, 15) is 39.0 Å². The molecule has 0 aliphatic carbocycles. The molecule has 16 nitrogen and oxygen atoms in total. The molecule has 0 spiro atoms. The van der Waals surface area contributed by atoms with E-state index in [4.69, 9.17) is 33.2 Å². The summed E-state index contributed by atoms with van der Waals surface area (Å²) in [6.45, 7) is 5.30. The lowest BCUT2D eigenvalue weighted by molar-refractivity contribution is -0.321. The van der Waals surface area contributed by atoms with Crippen molar-refractivity contribution in [2.75, 3.05) is 19.0 Å². The molecule has 0 saturated carbocycles. The molecule has 0 radical (unpaired) electrons. The molecule has 1 aromatic carbocycles. The molecule has 2 N–H and O–H groups in total. The number of carbonyl (C=O) groups excluding carboxylic acids is 6. The Balaban J connectivity index is 1.80. The number of carbonyl (C=O) groups is 6. The average Bonchev–Trinajstić information content (AvgIpc) is 3.25. The van der Waals surface area contributed by atoms with Crippen molar-refractivity contribution in [1.82, 2.24) is 4.90 Å². The van der Waals surface area contributed by atoms with E-state index in [-0.39, 0.29) is 17.7 Å². The Kier molecular flexibility index (Phi) is 12.0. The van der Waals surface area contributed by atoms with Crippen LogP contribution >= 0.6 is 11.8 Å². The maximum atomic E-state index is 13.8. The molecular weight excluding hydrogens is 646 g/mol. The van der Waals surface area contributed by atoms with Crippen molar-refractivity contribution in [3.05, 3.63) is 35.4 Å². The molecular formula is C30H37NO15S. The van der Waals surface area contributed by atoms with Crippen LogP contribution in [0.4, 0.5) is 0 Å². The monoisotopic (exact) mass is 683 g/mol. The van der Waals surface area contributed by atoms with Gasteiger partial charge in [0.05, 0.1) is 11.1 Å². The van der Waals surface area contributed by atoms with Gasteiger partial charge in [-0.1, -0.05) is 19.1 Å². The van der Waals surface area contributed by atoms with Crippen molar-refractivity contribution in [2.45, 2.75) is 95.1 Å². The first-order valence-electron chi connectivity index (χ1n) is 14.8. The molecule has 2 saturated heterocycles. The van der Waals surface area contributed by atoms with Crippen LogP contribution in [-0.2, 0) is 52.3 Å². The van der Waals surface area contributed by atoms with Crippen LogP contribution in [0.3, 0.4) is 0 Å². The predicted octanol–water partition coefficient (Wildman–Crippen LogP) is -0.0493. The van der Waals surface area contributed by atoms with Gasteiger partial charge in [0.25, 0.3) is 11.8 Å². The van der Waals surface area contributed by atoms with Crippen molar-refractivity contribution in [3.63, 3.8) is 0 Å². The zero-order valence-electron chi connectivity index (χ0n) is 26.3. The van der Waals surface area contributed by atoms with Crippen molar-refractivity contribution >= 4 is 47.5 Å². The SMILES string of the molecule is CCS[C@H]1O[C@H](COC(C)=O)[C@@H](O)[C@H](O)[C@@H]1O[C@@H]1O[C@H](COC(C)=O)[C@@H](OC(C)=O)[C@H](OC(C)=O)[C@H]1N1C(=O)c2ccccc2C1=O. The molecule has 0 bridgehead atoms. The highest BCUT2D eigenvalue weighted by Gasteiger charge is 2.59. The van der Waals surface area contributed by atoms with Gasteiger partial charge in [0, 0.05) is 27.7 Å². The third-order valence-electron chi connectivity index (χ3n) is 7.51. The van der Waals surface area contributed by atoms with E-state index in [0.29, 0.717) is 5.75 Å². The highest BCUT2D eigenvalue weighted by molar-refractivity contribution is 7.99. The third kappa shape index (κ3) is 8.10. The molecule has 1 aromatic rings. The molecule has 3 aliphatic rings. The number of nitrogens with zero attached hydrogens (tertiary/aromatic N) is 1. The average molecular weight is 684 g/mol. The van der Waals surface area contributed by atoms with E-state index < -0.39 is 103 Å². The Morgan fingerprint density at radius 3 is 1.81 bits per heavy atom.